The number of carboxylic acids is 4. The Labute approximate surface area is 252 Å². The van der Waals surface area contributed by atoms with Crippen molar-refractivity contribution >= 4 is 50.6 Å². The summed E-state index contributed by atoms with van der Waals surface area (Å²) in [5, 5.41) is 35.6. The number of hydrogen-bond acceptors (Lipinski definition) is 9. The topological polar surface area (TPSA) is 187 Å². The first kappa shape index (κ1) is 34.5. The molecule has 1 aliphatic heterocycles. The van der Waals surface area contributed by atoms with Crippen LogP contribution in [-0.4, -0.2) is 80.4 Å². The molecule has 43 heavy (non-hydrogen) atoms. The van der Waals surface area contributed by atoms with E-state index < -0.39 is 23.9 Å². The molecule has 0 bridgehead atoms. The zero-order chi connectivity index (χ0) is 31.5. The fourth-order valence-corrected chi connectivity index (χ4v) is 4.69. The summed E-state index contributed by atoms with van der Waals surface area (Å²) in [5.41, 5.74) is 2.41. The number of ether oxygens (including phenoxy) is 1. The largest absolute Gasteiger partial charge is 0.494 e. The first-order valence-corrected chi connectivity index (χ1v) is 14.3. The lowest BCUT2D eigenvalue weighted by atomic mass is 10.1. The molecule has 1 saturated heterocycles. The van der Waals surface area contributed by atoms with Gasteiger partial charge in [0, 0.05) is 37.4 Å². The van der Waals surface area contributed by atoms with Gasteiger partial charge in [-0.3, -0.25) is 4.90 Å². The summed E-state index contributed by atoms with van der Waals surface area (Å²) in [6, 6.07) is 16.8. The Hall–Kier alpha value is -4.75. The SMILES string of the molecule is O=C(O)/C=C/C(=O)O.O=C(O)/C=C/C(=O)O.c1cc(CN2CCCCC2)cc(OCCCNc2nc3ccccc3s2)c1. The summed E-state index contributed by atoms with van der Waals surface area (Å²) in [7, 11) is 0. The van der Waals surface area contributed by atoms with E-state index in [1.54, 1.807) is 11.3 Å². The smallest absolute Gasteiger partial charge is 0.328 e. The van der Waals surface area contributed by atoms with Crippen LogP contribution in [0.15, 0.2) is 72.8 Å². The molecule has 0 radical (unpaired) electrons. The van der Waals surface area contributed by atoms with Crippen LogP contribution in [0.2, 0.25) is 0 Å². The zero-order valence-electron chi connectivity index (χ0n) is 23.4. The highest BCUT2D eigenvalue weighted by molar-refractivity contribution is 7.22. The summed E-state index contributed by atoms with van der Waals surface area (Å²) in [5.74, 6) is -4.05. The van der Waals surface area contributed by atoms with Crippen molar-refractivity contribution in [3.05, 3.63) is 78.4 Å². The number of nitrogens with zero attached hydrogens (tertiary/aromatic N) is 2. The first-order valence-electron chi connectivity index (χ1n) is 13.4. The number of aliphatic carboxylic acids is 4. The normalized spacial score (nSPS) is 13.0. The van der Waals surface area contributed by atoms with E-state index in [1.807, 2.05) is 6.07 Å². The van der Waals surface area contributed by atoms with Crippen molar-refractivity contribution in [2.24, 2.45) is 0 Å². The van der Waals surface area contributed by atoms with Gasteiger partial charge in [-0.15, -0.1) is 0 Å². The van der Waals surface area contributed by atoms with Crippen LogP contribution in [0, 0.1) is 0 Å². The van der Waals surface area contributed by atoms with Crippen molar-refractivity contribution in [1.82, 2.24) is 9.88 Å². The van der Waals surface area contributed by atoms with E-state index in [0.717, 1.165) is 35.9 Å². The standard InChI is InChI=1S/C22H27N3OS.2C4H4O4/c1-4-13-25(14-5-1)17-18-8-6-9-19(16-18)26-15-7-12-23-22-24-20-10-2-3-11-21(20)27-22;2*5-3(6)1-2-4(7)8/h2-3,6,8-11,16H,1,4-5,7,12-15,17H2,(H,23,24);2*1-2H,(H,5,6)(H,7,8)/b;2*2-1+. The number of rotatable bonds is 12. The Balaban J connectivity index is 0.000000334. The summed E-state index contributed by atoms with van der Waals surface area (Å²) in [6.45, 7) is 5.07. The molecule has 1 fully saturated rings. The van der Waals surface area contributed by atoms with Gasteiger partial charge in [0.25, 0.3) is 0 Å². The molecule has 1 aliphatic rings. The molecular formula is C30H35N3O9S. The lowest BCUT2D eigenvalue weighted by molar-refractivity contribution is -0.134. The van der Waals surface area contributed by atoms with Gasteiger partial charge in [-0.1, -0.05) is 42.0 Å². The number of nitrogens with one attached hydrogen (secondary N) is 1. The summed E-state index contributed by atoms with van der Waals surface area (Å²) >= 11 is 1.70. The molecule has 0 saturated carbocycles. The minimum atomic E-state index is -1.26. The van der Waals surface area contributed by atoms with Crippen molar-refractivity contribution in [3.8, 4) is 5.75 Å². The Morgan fingerprint density at radius 3 is 2.02 bits per heavy atom. The Morgan fingerprint density at radius 1 is 0.837 bits per heavy atom. The Bertz CT molecular complexity index is 1300. The van der Waals surface area contributed by atoms with Crippen molar-refractivity contribution in [3.63, 3.8) is 0 Å². The molecule has 0 atom stereocenters. The van der Waals surface area contributed by atoms with Crippen LogP contribution in [0.1, 0.15) is 31.2 Å². The van der Waals surface area contributed by atoms with E-state index >= 15 is 0 Å². The molecule has 12 nitrogen and oxygen atoms in total. The fourth-order valence-electron chi connectivity index (χ4n) is 3.80. The Kier molecular flexibility index (Phi) is 15.5. The minimum absolute atomic E-state index is 0.558. The summed E-state index contributed by atoms with van der Waals surface area (Å²) in [4.78, 5) is 45.4. The molecule has 2 heterocycles. The molecule has 4 rings (SSSR count). The van der Waals surface area contributed by atoms with Gasteiger partial charge in [0.2, 0.25) is 0 Å². The number of aromatic nitrogens is 1. The number of piperidine rings is 1. The van der Waals surface area contributed by atoms with Gasteiger partial charge in [-0.2, -0.15) is 0 Å². The number of likely N-dealkylation sites (tertiary alicyclic amines) is 1. The van der Waals surface area contributed by atoms with Crippen molar-refractivity contribution in [2.75, 3.05) is 31.6 Å². The molecule has 0 amide bonds. The molecule has 3 aromatic rings. The third kappa shape index (κ3) is 15.7. The third-order valence-corrected chi connectivity index (χ3v) is 6.64. The highest BCUT2D eigenvalue weighted by Gasteiger charge is 2.10. The van der Waals surface area contributed by atoms with Crippen LogP contribution < -0.4 is 10.1 Å². The zero-order valence-corrected chi connectivity index (χ0v) is 24.2. The maximum Gasteiger partial charge on any atom is 0.328 e. The Morgan fingerprint density at radius 2 is 1.44 bits per heavy atom. The second-order valence-electron chi connectivity index (χ2n) is 9.12. The van der Waals surface area contributed by atoms with Gasteiger partial charge in [0.1, 0.15) is 5.75 Å². The molecule has 230 valence electrons. The van der Waals surface area contributed by atoms with Gasteiger partial charge in [-0.05, 0) is 62.2 Å². The maximum absolute atomic E-state index is 9.55. The van der Waals surface area contributed by atoms with Gasteiger partial charge >= 0.3 is 23.9 Å². The molecule has 13 heteroatoms. The van der Waals surface area contributed by atoms with Crippen LogP contribution in [0.5, 0.6) is 5.75 Å². The number of carboxylic acid groups (broad SMARTS) is 4. The van der Waals surface area contributed by atoms with E-state index in [9.17, 15) is 19.2 Å². The van der Waals surface area contributed by atoms with E-state index in [2.05, 4.69) is 57.7 Å². The third-order valence-electron chi connectivity index (χ3n) is 5.65. The van der Waals surface area contributed by atoms with Crippen molar-refractivity contribution in [1.29, 1.82) is 0 Å². The molecule has 5 N–H and O–H groups in total. The number of para-hydroxylation sites is 1. The number of carbonyl (C=O) groups is 4. The maximum atomic E-state index is 9.55. The first-order chi connectivity index (χ1) is 20.6. The summed E-state index contributed by atoms with van der Waals surface area (Å²) < 4.78 is 7.18. The van der Waals surface area contributed by atoms with Crippen molar-refractivity contribution < 1.29 is 44.3 Å². The number of anilines is 1. The van der Waals surface area contributed by atoms with Crippen molar-refractivity contribution in [2.45, 2.75) is 32.2 Å². The molecule has 0 unspecified atom stereocenters. The molecular weight excluding hydrogens is 578 g/mol. The van der Waals surface area contributed by atoms with Gasteiger partial charge in [-0.25, -0.2) is 24.2 Å². The van der Waals surface area contributed by atoms with Gasteiger partial charge in [0.15, 0.2) is 5.13 Å². The second kappa shape index (κ2) is 19.4. The number of hydrogen-bond donors (Lipinski definition) is 5. The number of thiazole rings is 1. The van der Waals surface area contributed by atoms with Crippen LogP contribution in [0.3, 0.4) is 0 Å². The summed E-state index contributed by atoms with van der Waals surface area (Å²) in [6.07, 6.45) is 7.22. The van der Waals surface area contributed by atoms with E-state index in [1.165, 1.54) is 42.6 Å². The highest BCUT2D eigenvalue weighted by Crippen LogP contribution is 2.25. The predicted molar refractivity (Wildman–Crippen MR) is 163 cm³/mol. The van der Waals surface area contributed by atoms with Crippen LogP contribution in [0.4, 0.5) is 5.13 Å². The monoisotopic (exact) mass is 613 g/mol. The van der Waals surface area contributed by atoms with E-state index in [0.29, 0.717) is 30.9 Å². The predicted octanol–water partition coefficient (Wildman–Crippen LogP) is 4.59. The number of benzene rings is 2. The minimum Gasteiger partial charge on any atom is -0.494 e. The lowest BCUT2D eigenvalue weighted by Crippen LogP contribution is -2.29. The van der Waals surface area contributed by atoms with Crippen LogP contribution >= 0.6 is 11.3 Å². The molecule has 2 aromatic carbocycles. The van der Waals surface area contributed by atoms with Crippen LogP contribution in [0.25, 0.3) is 10.2 Å². The number of fused-ring (bicyclic) bond motifs is 1. The van der Waals surface area contributed by atoms with Gasteiger partial charge in [0.05, 0.1) is 16.8 Å². The molecule has 0 spiro atoms. The van der Waals surface area contributed by atoms with Crippen LogP contribution in [-0.2, 0) is 25.7 Å². The van der Waals surface area contributed by atoms with E-state index in [4.69, 9.17) is 25.2 Å². The van der Waals surface area contributed by atoms with E-state index in [-0.39, 0.29) is 0 Å². The molecule has 0 aliphatic carbocycles. The fraction of sp³-hybridized carbons (Fsp3) is 0.300. The average molecular weight is 614 g/mol. The lowest BCUT2D eigenvalue weighted by Gasteiger charge is -2.26. The van der Waals surface area contributed by atoms with Gasteiger partial charge < -0.3 is 30.5 Å². The second-order valence-corrected chi connectivity index (χ2v) is 10.2. The molecule has 1 aromatic heterocycles. The average Bonchev–Trinajstić information content (AvgIpc) is 3.39. The highest BCUT2D eigenvalue weighted by atomic mass is 32.1. The quantitative estimate of drug-likeness (QED) is 0.141.